The van der Waals surface area contributed by atoms with Crippen LogP contribution in [0.4, 0.5) is 65.9 Å². The third-order valence-corrected chi connectivity index (χ3v) is 6.31. The fraction of sp³-hybridized carbons (Fsp3) is 1.00. The molecule has 4 bridgehead atoms. The van der Waals surface area contributed by atoms with Crippen LogP contribution in [0, 0.1) is 0 Å². The second kappa shape index (κ2) is 5.74. The summed E-state index contributed by atoms with van der Waals surface area (Å²) < 4.78 is 221. The lowest BCUT2D eigenvalue weighted by Crippen LogP contribution is -3.09. The summed E-state index contributed by atoms with van der Waals surface area (Å²) in [6.45, 7) is -0.966. The number of alkyl halides is 15. The van der Waals surface area contributed by atoms with Crippen molar-refractivity contribution in [2.45, 2.75) is 84.0 Å². The summed E-state index contributed by atoms with van der Waals surface area (Å²) in [6, 6.07) is 0. The summed E-state index contributed by atoms with van der Waals surface area (Å²) in [5.41, 5.74) is -30.5. The minimum atomic E-state index is -7.87. The topological polar surface area (TPSA) is 29.5 Å². The first kappa shape index (κ1) is 25.5. The lowest BCUT2D eigenvalue weighted by atomic mass is 9.40. The lowest BCUT2D eigenvalue weighted by molar-refractivity contribution is -0.617. The molecule has 0 saturated heterocycles. The van der Waals surface area contributed by atoms with Gasteiger partial charge in [0.05, 0.1) is 12.7 Å². The van der Waals surface area contributed by atoms with Gasteiger partial charge in [-0.05, 0) is 6.42 Å². The molecule has 0 aliphatic heterocycles. The Morgan fingerprint density at radius 3 is 1.12 bits per heavy atom. The largest absolute Gasteiger partial charge is 0.391 e. The summed E-state index contributed by atoms with van der Waals surface area (Å²) in [5, 5.41) is 9.34. The molecule has 2 nitrogen and oxygen atoms in total. The maximum absolute atomic E-state index is 15.2. The first-order valence-electron chi connectivity index (χ1n) is 8.61. The SMILES string of the molecule is CCCC(O)COC1(F)C2(F)C(F)(F)C3(F)C(F)(F)C(F)(C2(F)F)C(F)(F)C1(F)C3(F)F. The van der Waals surface area contributed by atoms with Crippen LogP contribution in [0.2, 0.25) is 0 Å². The zero-order valence-corrected chi connectivity index (χ0v) is 15.2. The molecule has 188 valence electrons. The van der Waals surface area contributed by atoms with Gasteiger partial charge in [-0.3, -0.25) is 0 Å². The number of hydrogen-bond donors (Lipinski definition) is 1. The molecule has 4 aliphatic carbocycles. The zero-order valence-electron chi connectivity index (χ0n) is 15.2. The highest BCUT2D eigenvalue weighted by Gasteiger charge is 3.23. The molecule has 0 spiro atoms. The van der Waals surface area contributed by atoms with E-state index in [1.807, 2.05) is 0 Å². The van der Waals surface area contributed by atoms with Crippen molar-refractivity contribution < 1.29 is 75.7 Å². The maximum atomic E-state index is 15.2. The molecule has 0 amide bonds. The van der Waals surface area contributed by atoms with Crippen LogP contribution in [0.5, 0.6) is 0 Å². The summed E-state index contributed by atoms with van der Waals surface area (Å²) >= 11 is 0. The Kier molecular flexibility index (Phi) is 4.57. The summed E-state index contributed by atoms with van der Waals surface area (Å²) in [6.07, 6.45) is -3.06. The molecule has 4 aliphatic rings. The molecule has 1 atom stereocenters. The van der Waals surface area contributed by atoms with Gasteiger partial charge in [-0.25, -0.2) is 22.0 Å². The molecule has 0 aromatic heterocycles. The Hall–Kier alpha value is -1.13. The predicted octanol–water partition coefficient (Wildman–Crippen LogP) is 4.88. The highest BCUT2D eigenvalue weighted by atomic mass is 19.3. The van der Waals surface area contributed by atoms with Crippen LogP contribution in [0.3, 0.4) is 0 Å². The van der Waals surface area contributed by atoms with Gasteiger partial charge in [-0.15, -0.1) is 0 Å². The van der Waals surface area contributed by atoms with E-state index in [9.17, 15) is 57.8 Å². The zero-order chi connectivity index (χ0) is 25.4. The van der Waals surface area contributed by atoms with Crippen LogP contribution < -0.4 is 0 Å². The molecule has 4 saturated carbocycles. The Balaban J connectivity index is 2.49. The van der Waals surface area contributed by atoms with E-state index < -0.39 is 77.3 Å². The lowest BCUT2D eigenvalue weighted by Gasteiger charge is -2.74. The highest BCUT2D eigenvalue weighted by molar-refractivity contribution is 5.54. The van der Waals surface area contributed by atoms with Crippen molar-refractivity contribution in [2.75, 3.05) is 6.61 Å². The van der Waals surface area contributed by atoms with Gasteiger partial charge in [-0.2, -0.15) is 43.9 Å². The quantitative estimate of drug-likeness (QED) is 0.537. The van der Waals surface area contributed by atoms with Gasteiger partial charge in [0, 0.05) is 0 Å². The van der Waals surface area contributed by atoms with E-state index in [4.69, 9.17) is 0 Å². The van der Waals surface area contributed by atoms with Crippen molar-refractivity contribution in [2.24, 2.45) is 0 Å². The number of ether oxygens (including phenoxy) is 1. The Morgan fingerprint density at radius 2 is 0.844 bits per heavy atom. The van der Waals surface area contributed by atoms with E-state index in [-0.39, 0.29) is 6.42 Å². The molecule has 4 rings (SSSR count). The second-order valence-electron chi connectivity index (χ2n) is 7.85. The minimum Gasteiger partial charge on any atom is -0.391 e. The van der Waals surface area contributed by atoms with E-state index in [1.165, 1.54) is 6.92 Å². The normalized spacial score (nSPS) is 49.8. The minimum absolute atomic E-state index is 0.141. The second-order valence-corrected chi connectivity index (χ2v) is 7.85. The van der Waals surface area contributed by atoms with Crippen molar-refractivity contribution >= 4 is 0 Å². The number of halogens is 15. The monoisotopic (exact) mass is 508 g/mol. The van der Waals surface area contributed by atoms with Crippen LogP contribution in [0.1, 0.15) is 19.8 Å². The van der Waals surface area contributed by atoms with Gasteiger partial charge >= 0.3 is 58.1 Å². The summed E-state index contributed by atoms with van der Waals surface area (Å²) in [4.78, 5) is 0. The first-order chi connectivity index (χ1) is 14.0. The van der Waals surface area contributed by atoms with Crippen LogP contribution in [-0.4, -0.2) is 76.0 Å². The smallest absolute Gasteiger partial charge is 0.339 e. The van der Waals surface area contributed by atoms with E-state index in [0.29, 0.717) is 0 Å². The number of aliphatic hydroxyl groups excluding tert-OH is 1. The van der Waals surface area contributed by atoms with Gasteiger partial charge in [0.25, 0.3) is 0 Å². The Bertz CT molecular complexity index is 738. The van der Waals surface area contributed by atoms with Crippen molar-refractivity contribution in [3.8, 4) is 0 Å². The molecular formula is C15H11F15O2. The molecule has 1 N–H and O–H groups in total. The molecule has 0 radical (unpaired) electrons. The van der Waals surface area contributed by atoms with Crippen LogP contribution in [0.25, 0.3) is 0 Å². The number of hydrogen-bond acceptors (Lipinski definition) is 2. The van der Waals surface area contributed by atoms with Gasteiger partial charge in [0.2, 0.25) is 0 Å². The molecule has 4 fully saturated rings. The van der Waals surface area contributed by atoms with Crippen LogP contribution in [0.15, 0.2) is 0 Å². The van der Waals surface area contributed by atoms with Crippen molar-refractivity contribution in [3.63, 3.8) is 0 Å². The molecule has 0 aromatic rings. The third kappa shape index (κ3) is 1.67. The van der Waals surface area contributed by atoms with Gasteiger partial charge in [-0.1, -0.05) is 13.3 Å². The number of rotatable bonds is 5. The van der Waals surface area contributed by atoms with Gasteiger partial charge in [0.15, 0.2) is 0 Å². The molecular weight excluding hydrogens is 497 g/mol. The van der Waals surface area contributed by atoms with Crippen molar-refractivity contribution in [1.82, 2.24) is 0 Å². The van der Waals surface area contributed by atoms with Crippen molar-refractivity contribution in [3.05, 3.63) is 0 Å². The molecule has 32 heavy (non-hydrogen) atoms. The van der Waals surface area contributed by atoms with E-state index in [2.05, 4.69) is 4.74 Å². The number of aliphatic hydroxyl groups is 1. The standard InChI is InChI=1S/C15H11F15O2/c1-2-3-5(31)4-32-15(30)8(18)11(22,23)6(16)10(20,21)7(17,13(8,26)27)14(28,29)9(15,19)12(6,24)25/h5,31H,2-4H2,1H3. The first-order valence-corrected chi connectivity index (χ1v) is 8.61. The van der Waals surface area contributed by atoms with E-state index >= 15 is 13.2 Å². The summed E-state index contributed by atoms with van der Waals surface area (Å²) in [7, 11) is 0. The van der Waals surface area contributed by atoms with Gasteiger partial charge in [0.1, 0.15) is 0 Å². The van der Waals surface area contributed by atoms with Crippen LogP contribution in [-0.2, 0) is 4.74 Å². The Morgan fingerprint density at radius 1 is 0.562 bits per heavy atom. The highest BCUT2D eigenvalue weighted by Crippen LogP contribution is 2.88. The van der Waals surface area contributed by atoms with Crippen LogP contribution >= 0.6 is 0 Å². The summed E-state index contributed by atoms with van der Waals surface area (Å²) in [5.74, 6) is -46.0. The predicted molar refractivity (Wildman–Crippen MR) is 70.8 cm³/mol. The van der Waals surface area contributed by atoms with E-state index in [0.717, 1.165) is 0 Å². The average molecular weight is 508 g/mol. The molecule has 1 unspecified atom stereocenters. The molecule has 0 heterocycles. The average Bonchev–Trinajstić information content (AvgIpc) is 2.65. The Labute approximate surface area is 167 Å². The third-order valence-electron chi connectivity index (χ3n) is 6.31. The molecule has 17 heteroatoms. The van der Waals surface area contributed by atoms with E-state index in [1.54, 1.807) is 0 Å². The maximum Gasteiger partial charge on any atom is 0.339 e. The fourth-order valence-corrected chi connectivity index (χ4v) is 4.64. The van der Waals surface area contributed by atoms with Gasteiger partial charge < -0.3 is 9.84 Å². The molecule has 0 aromatic carbocycles. The fourth-order valence-electron chi connectivity index (χ4n) is 4.64. The van der Waals surface area contributed by atoms with Crippen molar-refractivity contribution in [1.29, 1.82) is 0 Å².